The quantitative estimate of drug-likeness (QED) is 0.630. The summed E-state index contributed by atoms with van der Waals surface area (Å²) in [7, 11) is 0. The van der Waals surface area contributed by atoms with Gasteiger partial charge in [-0.1, -0.05) is 0 Å². The molecule has 0 N–H and O–H groups in total. The van der Waals surface area contributed by atoms with Gasteiger partial charge in [0, 0.05) is 29.3 Å². The van der Waals surface area contributed by atoms with Crippen LogP contribution in [0.5, 0.6) is 0 Å². The Bertz CT molecular complexity index is 376. The number of esters is 1. The Hall–Kier alpha value is -0.180. The zero-order valence-electron chi connectivity index (χ0n) is 8.63. The third-order valence-corrected chi connectivity index (χ3v) is 7.77. The van der Waals surface area contributed by atoms with Gasteiger partial charge >= 0.3 is 5.97 Å². The normalized spacial score (nSPS) is 70.1. The van der Waals surface area contributed by atoms with Gasteiger partial charge in [-0.25, -0.2) is 0 Å². The van der Waals surface area contributed by atoms with E-state index in [0.29, 0.717) is 6.10 Å². The Morgan fingerprint density at radius 3 is 2.80 bits per heavy atom. The molecular weight excluding hydrogens is 208 g/mol. The van der Waals surface area contributed by atoms with Crippen molar-refractivity contribution in [2.24, 2.45) is 35.5 Å². The molecule has 0 radical (unpaired) electrons. The average molecular weight is 222 g/mol. The maximum Gasteiger partial charge on any atom is 0.302 e. The molecule has 3 heteroatoms. The summed E-state index contributed by atoms with van der Waals surface area (Å²) in [6.07, 6.45) is 1.78. The summed E-state index contributed by atoms with van der Waals surface area (Å²) < 4.78 is 5.62. The van der Waals surface area contributed by atoms with E-state index in [1.807, 2.05) is 0 Å². The van der Waals surface area contributed by atoms with E-state index in [-0.39, 0.29) is 5.97 Å². The first-order valence-electron chi connectivity index (χ1n) is 6.10. The topological polar surface area (TPSA) is 26.3 Å². The Labute approximate surface area is 93.1 Å². The molecule has 9 atom stereocenters. The summed E-state index contributed by atoms with van der Waals surface area (Å²) in [5.41, 5.74) is 0. The Morgan fingerprint density at radius 2 is 2.00 bits per heavy atom. The molecule has 0 aromatic carbocycles. The van der Waals surface area contributed by atoms with Crippen LogP contribution < -0.4 is 0 Å². The summed E-state index contributed by atoms with van der Waals surface area (Å²) in [5.74, 6) is 5.38. The molecule has 4 saturated carbocycles. The lowest BCUT2D eigenvalue weighted by molar-refractivity contribution is -0.152. The van der Waals surface area contributed by atoms with Crippen LogP contribution in [0.2, 0.25) is 0 Å². The minimum Gasteiger partial charge on any atom is -0.462 e. The fraction of sp³-hybridized carbons (Fsp3) is 0.917. The van der Waals surface area contributed by atoms with Crippen molar-refractivity contribution < 1.29 is 9.53 Å². The molecule has 1 aliphatic heterocycles. The first-order valence-corrected chi connectivity index (χ1v) is 7.04. The fourth-order valence-electron chi connectivity index (χ4n) is 5.83. The van der Waals surface area contributed by atoms with E-state index < -0.39 is 0 Å². The van der Waals surface area contributed by atoms with Gasteiger partial charge in [-0.15, -0.1) is 0 Å². The van der Waals surface area contributed by atoms with Crippen LogP contribution in [0.3, 0.4) is 0 Å². The predicted molar refractivity (Wildman–Crippen MR) is 56.3 cm³/mol. The van der Waals surface area contributed by atoms with Crippen LogP contribution in [0.25, 0.3) is 0 Å². The van der Waals surface area contributed by atoms with Crippen molar-refractivity contribution in [2.75, 3.05) is 0 Å². The van der Waals surface area contributed by atoms with Crippen molar-refractivity contribution in [2.45, 2.75) is 29.9 Å². The van der Waals surface area contributed by atoms with Gasteiger partial charge < -0.3 is 4.74 Å². The van der Waals surface area contributed by atoms with E-state index in [9.17, 15) is 4.79 Å². The van der Waals surface area contributed by atoms with Crippen molar-refractivity contribution >= 4 is 17.7 Å². The zero-order valence-corrected chi connectivity index (χ0v) is 9.44. The van der Waals surface area contributed by atoms with Crippen molar-refractivity contribution in [1.82, 2.24) is 0 Å². The largest absolute Gasteiger partial charge is 0.462 e. The number of carbonyl (C=O) groups excluding carboxylic acids is 1. The molecular formula is C12H14O2S. The lowest BCUT2D eigenvalue weighted by atomic mass is 9.63. The van der Waals surface area contributed by atoms with Gasteiger partial charge in [-0.3, -0.25) is 4.79 Å². The third kappa shape index (κ3) is 0.620. The summed E-state index contributed by atoms with van der Waals surface area (Å²) in [4.78, 5) is 11.2. The Kier molecular flexibility index (Phi) is 1.12. The van der Waals surface area contributed by atoms with E-state index in [4.69, 9.17) is 4.74 Å². The molecule has 0 amide bonds. The third-order valence-electron chi connectivity index (χ3n) is 5.85. The molecule has 5 aliphatic rings. The summed E-state index contributed by atoms with van der Waals surface area (Å²) in [6, 6.07) is 0. The maximum absolute atomic E-state index is 11.2. The molecule has 1 saturated heterocycles. The van der Waals surface area contributed by atoms with Crippen LogP contribution in [0.4, 0.5) is 0 Å². The molecule has 2 nitrogen and oxygen atoms in total. The molecule has 9 unspecified atom stereocenters. The highest BCUT2D eigenvalue weighted by atomic mass is 32.2. The number of thioether (sulfide) groups is 1. The van der Waals surface area contributed by atoms with Crippen LogP contribution in [-0.4, -0.2) is 22.6 Å². The SMILES string of the molecule is CC(=O)OC1C2C3CC4C2SC2C4C3C12. The zero-order chi connectivity index (χ0) is 9.89. The van der Waals surface area contributed by atoms with Gasteiger partial charge in [0.1, 0.15) is 6.10 Å². The number of fused-ring (bicyclic) bond motifs is 2. The minimum absolute atomic E-state index is 0.0578. The first kappa shape index (κ1) is 7.99. The molecule has 80 valence electrons. The molecule has 2 bridgehead atoms. The lowest BCUT2D eigenvalue weighted by Gasteiger charge is -2.46. The fourth-order valence-corrected chi connectivity index (χ4v) is 8.30. The summed E-state index contributed by atoms with van der Waals surface area (Å²) in [5, 5.41) is 1.74. The van der Waals surface area contributed by atoms with Crippen molar-refractivity contribution in [3.63, 3.8) is 0 Å². The number of ether oxygens (including phenoxy) is 1. The van der Waals surface area contributed by atoms with E-state index >= 15 is 0 Å². The van der Waals surface area contributed by atoms with Gasteiger partial charge in [0.15, 0.2) is 0 Å². The van der Waals surface area contributed by atoms with E-state index in [1.54, 1.807) is 6.92 Å². The summed E-state index contributed by atoms with van der Waals surface area (Å²) >= 11 is 2.25. The van der Waals surface area contributed by atoms with Crippen molar-refractivity contribution in [3.8, 4) is 0 Å². The van der Waals surface area contributed by atoms with Gasteiger partial charge in [-0.05, 0) is 30.1 Å². The molecule has 0 spiro atoms. The minimum atomic E-state index is -0.0578. The highest BCUT2D eigenvalue weighted by Crippen LogP contribution is 2.82. The second-order valence-electron chi connectivity index (χ2n) is 6.01. The van der Waals surface area contributed by atoms with Crippen molar-refractivity contribution in [1.29, 1.82) is 0 Å². The average Bonchev–Trinajstić information content (AvgIpc) is 2.62. The van der Waals surface area contributed by atoms with Crippen molar-refractivity contribution in [3.05, 3.63) is 0 Å². The number of carbonyl (C=O) groups is 1. The second kappa shape index (κ2) is 2.11. The van der Waals surface area contributed by atoms with Crippen LogP contribution in [0.1, 0.15) is 13.3 Å². The van der Waals surface area contributed by atoms with E-state index in [0.717, 1.165) is 46.0 Å². The highest BCUT2D eigenvalue weighted by molar-refractivity contribution is 8.01. The highest BCUT2D eigenvalue weighted by Gasteiger charge is 2.82. The molecule has 5 rings (SSSR count). The maximum atomic E-state index is 11.2. The smallest absolute Gasteiger partial charge is 0.302 e. The number of rotatable bonds is 1. The monoisotopic (exact) mass is 222 g/mol. The van der Waals surface area contributed by atoms with E-state index in [2.05, 4.69) is 11.8 Å². The standard InChI is InChI=1S/C12H14O2S/c1-3(13)14-10-8-4-2-5-7-6(4)9(10)12(7)15-11(5)8/h4-12H,2H2,1H3. The van der Waals surface area contributed by atoms with Crippen LogP contribution in [0.15, 0.2) is 0 Å². The molecule has 5 fully saturated rings. The van der Waals surface area contributed by atoms with Gasteiger partial charge in [-0.2, -0.15) is 11.8 Å². The van der Waals surface area contributed by atoms with Crippen LogP contribution in [-0.2, 0) is 9.53 Å². The first-order chi connectivity index (χ1) is 7.27. The molecule has 1 heterocycles. The van der Waals surface area contributed by atoms with Gasteiger partial charge in [0.05, 0.1) is 0 Å². The molecule has 4 aliphatic carbocycles. The summed E-state index contributed by atoms with van der Waals surface area (Å²) in [6.45, 7) is 1.57. The van der Waals surface area contributed by atoms with Crippen LogP contribution in [0, 0.1) is 35.5 Å². The Balaban J connectivity index is 1.61. The lowest BCUT2D eigenvalue weighted by Crippen LogP contribution is -2.49. The second-order valence-corrected chi connectivity index (χ2v) is 7.37. The Morgan fingerprint density at radius 1 is 1.13 bits per heavy atom. The number of hydrogen-bond donors (Lipinski definition) is 0. The molecule has 0 aromatic rings. The molecule has 15 heavy (non-hydrogen) atoms. The molecule has 0 aromatic heterocycles. The van der Waals surface area contributed by atoms with Gasteiger partial charge in [0.2, 0.25) is 0 Å². The van der Waals surface area contributed by atoms with Crippen LogP contribution >= 0.6 is 11.8 Å². The number of hydrogen-bond acceptors (Lipinski definition) is 3. The van der Waals surface area contributed by atoms with E-state index in [1.165, 1.54) is 6.42 Å². The predicted octanol–water partition coefficient (Wildman–Crippen LogP) is 1.54. The van der Waals surface area contributed by atoms with Gasteiger partial charge in [0.25, 0.3) is 0 Å².